The Kier molecular flexibility index (Phi) is 6.62. The third-order valence-corrected chi connectivity index (χ3v) is 6.09. The normalized spacial score (nSPS) is 13.0. The van der Waals surface area contributed by atoms with E-state index >= 15 is 0 Å². The molecule has 0 bridgehead atoms. The topological polar surface area (TPSA) is 133 Å². The van der Waals surface area contributed by atoms with Crippen LogP contribution in [0.15, 0.2) is 48.5 Å². The molecule has 9 nitrogen and oxygen atoms in total. The monoisotopic (exact) mass is 462 g/mol. The minimum Gasteiger partial charge on any atom is -0.481 e. The van der Waals surface area contributed by atoms with Crippen LogP contribution in [0.5, 0.6) is 0 Å². The van der Waals surface area contributed by atoms with E-state index in [0.29, 0.717) is 5.82 Å². The van der Waals surface area contributed by atoms with Gasteiger partial charge in [0.05, 0.1) is 0 Å². The summed E-state index contributed by atoms with van der Waals surface area (Å²) in [5.41, 5.74) is 5.90. The summed E-state index contributed by atoms with van der Waals surface area (Å²) in [7, 11) is 0. The highest BCUT2D eigenvalue weighted by molar-refractivity contribution is 5.96. The number of rotatable bonds is 8. The second-order valence-electron chi connectivity index (χ2n) is 8.27. The van der Waals surface area contributed by atoms with Crippen molar-refractivity contribution in [1.82, 2.24) is 15.5 Å². The fourth-order valence-corrected chi connectivity index (χ4v) is 4.13. The number of hydrogen-bond donors (Lipinski definition) is 4. The van der Waals surface area contributed by atoms with Gasteiger partial charge in [-0.25, -0.2) is 4.79 Å². The van der Waals surface area contributed by atoms with Gasteiger partial charge in [-0.15, -0.1) is 0 Å². The van der Waals surface area contributed by atoms with Gasteiger partial charge >= 0.3 is 12.1 Å². The summed E-state index contributed by atoms with van der Waals surface area (Å²) in [5.74, 6) is -1.43. The molecule has 0 aliphatic heterocycles. The van der Waals surface area contributed by atoms with E-state index in [1.807, 2.05) is 55.5 Å². The van der Waals surface area contributed by atoms with Gasteiger partial charge in [0.15, 0.2) is 5.82 Å². The molecule has 2 aromatic carbocycles. The highest BCUT2D eigenvalue weighted by Gasteiger charge is 2.30. The fraction of sp³-hybridized carbons (Fsp3) is 0.280. The summed E-state index contributed by atoms with van der Waals surface area (Å²) < 4.78 is 5.51. The second-order valence-corrected chi connectivity index (χ2v) is 8.27. The van der Waals surface area contributed by atoms with Crippen LogP contribution in [0.2, 0.25) is 0 Å². The summed E-state index contributed by atoms with van der Waals surface area (Å²) in [4.78, 5) is 36.5. The van der Waals surface area contributed by atoms with Gasteiger partial charge in [0.2, 0.25) is 5.91 Å². The Morgan fingerprint density at radius 1 is 1.06 bits per heavy atom. The van der Waals surface area contributed by atoms with Crippen LogP contribution in [0.25, 0.3) is 11.1 Å². The molecule has 1 aliphatic rings. The van der Waals surface area contributed by atoms with Gasteiger partial charge in [-0.2, -0.15) is 5.10 Å². The average Bonchev–Trinajstić information content (AvgIpc) is 3.32. The number of aryl methyl sites for hydroxylation is 1. The number of nitrogens with zero attached hydrogens (tertiary/aromatic N) is 1. The molecular weight excluding hydrogens is 436 g/mol. The molecule has 1 unspecified atom stereocenters. The quantitative estimate of drug-likeness (QED) is 0.403. The Morgan fingerprint density at radius 2 is 1.68 bits per heavy atom. The van der Waals surface area contributed by atoms with E-state index in [-0.39, 0.29) is 25.4 Å². The number of alkyl carbamates (subject to hydrolysis) is 1. The average molecular weight is 463 g/mol. The number of fused-ring (bicyclic) bond motifs is 3. The van der Waals surface area contributed by atoms with Crippen molar-refractivity contribution in [3.63, 3.8) is 0 Å². The highest BCUT2D eigenvalue weighted by atomic mass is 16.5. The molecule has 4 rings (SSSR count). The van der Waals surface area contributed by atoms with Gasteiger partial charge < -0.3 is 20.5 Å². The first kappa shape index (κ1) is 23.0. The summed E-state index contributed by atoms with van der Waals surface area (Å²) in [6, 6.07) is 14.9. The van der Waals surface area contributed by atoms with Crippen LogP contribution in [0.1, 0.15) is 41.1 Å². The van der Waals surface area contributed by atoms with Crippen LogP contribution < -0.4 is 10.6 Å². The van der Waals surface area contributed by atoms with Crippen molar-refractivity contribution in [3.05, 3.63) is 70.9 Å². The largest absolute Gasteiger partial charge is 0.481 e. The number of amides is 2. The molecule has 176 valence electrons. The third-order valence-electron chi connectivity index (χ3n) is 6.09. The first-order valence-corrected chi connectivity index (χ1v) is 11.0. The summed E-state index contributed by atoms with van der Waals surface area (Å²) in [6.45, 7) is 3.69. The van der Waals surface area contributed by atoms with Gasteiger partial charge in [0.1, 0.15) is 12.6 Å². The van der Waals surface area contributed by atoms with Crippen LogP contribution in [0, 0.1) is 13.8 Å². The molecule has 0 saturated heterocycles. The Hall–Kier alpha value is -4.14. The van der Waals surface area contributed by atoms with E-state index in [1.54, 1.807) is 6.92 Å². The van der Waals surface area contributed by atoms with Crippen molar-refractivity contribution >= 4 is 23.8 Å². The maximum Gasteiger partial charge on any atom is 0.407 e. The third kappa shape index (κ3) is 4.78. The molecule has 0 saturated carbocycles. The number of benzene rings is 2. The smallest absolute Gasteiger partial charge is 0.407 e. The number of carboxylic acids is 1. The molecule has 34 heavy (non-hydrogen) atoms. The number of anilines is 1. The number of carboxylic acid groups (broad SMARTS) is 1. The number of aromatic amines is 1. The molecule has 4 N–H and O–H groups in total. The number of carbonyl (C=O) groups is 3. The molecule has 0 radical (unpaired) electrons. The zero-order valence-corrected chi connectivity index (χ0v) is 18.9. The maximum absolute atomic E-state index is 12.8. The lowest BCUT2D eigenvalue weighted by Gasteiger charge is -2.19. The molecule has 9 heteroatoms. The SMILES string of the molecule is Cc1[nH]nc(NC(=O)C(CCC(=O)O)NC(=O)OCC2c3ccccc3-c3ccccc32)c1C. The summed E-state index contributed by atoms with van der Waals surface area (Å²) in [5, 5.41) is 21.0. The van der Waals surface area contributed by atoms with Gasteiger partial charge in [0.25, 0.3) is 0 Å². The molecule has 1 aromatic heterocycles. The minimum absolute atomic E-state index is 0.0881. The number of aromatic nitrogens is 2. The van der Waals surface area contributed by atoms with Crippen LogP contribution >= 0.6 is 0 Å². The zero-order chi connectivity index (χ0) is 24.2. The van der Waals surface area contributed by atoms with E-state index < -0.39 is 24.0 Å². The van der Waals surface area contributed by atoms with Gasteiger partial charge in [-0.1, -0.05) is 48.5 Å². The molecule has 0 fully saturated rings. The number of aliphatic carboxylic acids is 1. The number of carbonyl (C=O) groups excluding carboxylic acids is 2. The molecular formula is C25H26N4O5. The van der Waals surface area contributed by atoms with Gasteiger partial charge in [-0.3, -0.25) is 14.7 Å². The lowest BCUT2D eigenvalue weighted by atomic mass is 9.98. The van der Waals surface area contributed by atoms with Crippen LogP contribution in [-0.2, 0) is 14.3 Å². The molecule has 0 spiro atoms. The van der Waals surface area contributed by atoms with E-state index in [4.69, 9.17) is 9.84 Å². The van der Waals surface area contributed by atoms with Crippen LogP contribution in [-0.4, -0.2) is 45.9 Å². The second kappa shape index (κ2) is 9.78. The molecule has 1 heterocycles. The molecule has 1 aliphatic carbocycles. The van der Waals surface area contributed by atoms with Crippen LogP contribution in [0.4, 0.5) is 10.6 Å². The minimum atomic E-state index is -1.09. The molecule has 2 amide bonds. The Labute approximate surface area is 196 Å². The number of hydrogen-bond acceptors (Lipinski definition) is 5. The van der Waals surface area contributed by atoms with Crippen molar-refractivity contribution in [2.45, 2.75) is 38.6 Å². The zero-order valence-electron chi connectivity index (χ0n) is 18.9. The Morgan fingerprint density at radius 3 is 2.24 bits per heavy atom. The van der Waals surface area contributed by atoms with Gasteiger partial charge in [0, 0.05) is 23.6 Å². The van der Waals surface area contributed by atoms with Crippen molar-refractivity contribution in [2.24, 2.45) is 0 Å². The van der Waals surface area contributed by atoms with Crippen LogP contribution in [0.3, 0.4) is 0 Å². The van der Waals surface area contributed by atoms with E-state index in [0.717, 1.165) is 33.5 Å². The first-order chi connectivity index (χ1) is 16.3. The number of H-pyrrole nitrogens is 1. The lowest BCUT2D eigenvalue weighted by molar-refractivity contribution is -0.137. The predicted octanol–water partition coefficient (Wildman–Crippen LogP) is 3.74. The maximum atomic E-state index is 12.8. The van der Waals surface area contributed by atoms with Crippen molar-refractivity contribution < 1.29 is 24.2 Å². The van der Waals surface area contributed by atoms with E-state index in [2.05, 4.69) is 20.8 Å². The summed E-state index contributed by atoms with van der Waals surface area (Å²) in [6.07, 6.45) is -1.17. The van der Waals surface area contributed by atoms with Crippen molar-refractivity contribution in [1.29, 1.82) is 0 Å². The van der Waals surface area contributed by atoms with E-state index in [9.17, 15) is 14.4 Å². The van der Waals surface area contributed by atoms with E-state index in [1.165, 1.54) is 0 Å². The van der Waals surface area contributed by atoms with Crippen molar-refractivity contribution in [2.75, 3.05) is 11.9 Å². The predicted molar refractivity (Wildman–Crippen MR) is 126 cm³/mol. The standard InChI is InChI=1S/C25H26N4O5/c1-14-15(2)28-29-23(14)27-24(32)21(11-12-22(30)31)26-25(33)34-13-20-18-9-5-3-7-16(18)17-8-4-6-10-19(17)20/h3-10,20-21H,11-13H2,1-2H3,(H,26,33)(H,30,31)(H2,27,28,29,32). The highest BCUT2D eigenvalue weighted by Crippen LogP contribution is 2.44. The molecule has 3 aromatic rings. The Bertz CT molecular complexity index is 1190. The number of nitrogens with one attached hydrogen (secondary N) is 3. The molecule has 1 atom stereocenters. The fourth-order valence-electron chi connectivity index (χ4n) is 4.13. The Balaban J connectivity index is 1.43. The summed E-state index contributed by atoms with van der Waals surface area (Å²) >= 11 is 0. The van der Waals surface area contributed by atoms with Gasteiger partial charge in [-0.05, 0) is 42.5 Å². The lowest BCUT2D eigenvalue weighted by Crippen LogP contribution is -2.44. The first-order valence-electron chi connectivity index (χ1n) is 11.0. The number of ether oxygens (including phenoxy) is 1. The van der Waals surface area contributed by atoms with Crippen molar-refractivity contribution in [3.8, 4) is 11.1 Å².